The molecule has 6 rings (SSSR count). The maximum atomic E-state index is 14.2. The molecule has 5 aromatic rings. The summed E-state index contributed by atoms with van der Waals surface area (Å²) in [5, 5.41) is 19.0. The Bertz CT molecular complexity index is 1770. The Labute approximate surface area is 230 Å². The predicted molar refractivity (Wildman–Crippen MR) is 150 cm³/mol. The molecule has 1 saturated carbocycles. The van der Waals surface area contributed by atoms with E-state index in [1.807, 2.05) is 55.5 Å². The van der Waals surface area contributed by atoms with Crippen molar-refractivity contribution in [3.05, 3.63) is 92.6 Å². The Morgan fingerprint density at radius 2 is 1.88 bits per heavy atom. The molecule has 10 nitrogen and oxygen atoms in total. The van der Waals surface area contributed by atoms with Crippen LogP contribution in [0.1, 0.15) is 68.8 Å². The highest BCUT2D eigenvalue weighted by Gasteiger charge is 2.32. The van der Waals surface area contributed by atoms with E-state index in [4.69, 9.17) is 4.52 Å². The summed E-state index contributed by atoms with van der Waals surface area (Å²) in [6.45, 7) is 3.93. The van der Waals surface area contributed by atoms with E-state index < -0.39 is 11.4 Å². The van der Waals surface area contributed by atoms with E-state index in [-0.39, 0.29) is 11.6 Å². The third-order valence-electron chi connectivity index (χ3n) is 7.96. The normalized spacial score (nSPS) is 19.3. The van der Waals surface area contributed by atoms with Crippen LogP contribution < -0.4 is 11.3 Å². The molecule has 0 unspecified atom stereocenters. The number of nitrogens with zero attached hydrogens (tertiary/aromatic N) is 5. The second-order valence-electron chi connectivity index (χ2n) is 10.9. The molecule has 1 aliphatic carbocycles. The SMILES string of the molecule is CCCc1c(Cc2ccc(-c3ccccc3)c(-c3noc(=O)[nH]3)c2)c(=O)n(C2CCC(C)(O)CC2)c2ncnn12. The summed E-state index contributed by atoms with van der Waals surface area (Å²) in [5.41, 5.74) is 4.20. The van der Waals surface area contributed by atoms with Crippen molar-refractivity contribution in [1.82, 2.24) is 29.3 Å². The number of benzene rings is 2. The number of aliphatic hydroxyl groups is 1. The van der Waals surface area contributed by atoms with Gasteiger partial charge >= 0.3 is 5.76 Å². The van der Waals surface area contributed by atoms with Gasteiger partial charge in [0, 0.05) is 23.6 Å². The molecule has 40 heavy (non-hydrogen) atoms. The van der Waals surface area contributed by atoms with Gasteiger partial charge in [-0.3, -0.25) is 18.9 Å². The van der Waals surface area contributed by atoms with Crippen LogP contribution in [0, 0.1) is 0 Å². The first-order chi connectivity index (χ1) is 19.3. The highest BCUT2D eigenvalue weighted by Crippen LogP contribution is 2.35. The van der Waals surface area contributed by atoms with Crippen LogP contribution in [0.5, 0.6) is 0 Å². The van der Waals surface area contributed by atoms with E-state index in [2.05, 4.69) is 27.1 Å². The fourth-order valence-corrected chi connectivity index (χ4v) is 5.88. The first-order valence-electron chi connectivity index (χ1n) is 13.8. The maximum absolute atomic E-state index is 14.2. The highest BCUT2D eigenvalue weighted by molar-refractivity contribution is 5.81. The van der Waals surface area contributed by atoms with Crippen LogP contribution in [0.4, 0.5) is 0 Å². The molecule has 2 aromatic carbocycles. The van der Waals surface area contributed by atoms with Crippen molar-refractivity contribution in [3.63, 3.8) is 0 Å². The number of aromatic nitrogens is 6. The van der Waals surface area contributed by atoms with Crippen LogP contribution in [0.25, 0.3) is 28.3 Å². The quantitative estimate of drug-likeness (QED) is 0.314. The van der Waals surface area contributed by atoms with Crippen molar-refractivity contribution in [2.75, 3.05) is 0 Å². The summed E-state index contributed by atoms with van der Waals surface area (Å²) >= 11 is 0. The minimum atomic E-state index is -0.714. The molecule has 1 aliphatic rings. The van der Waals surface area contributed by atoms with E-state index in [9.17, 15) is 14.7 Å². The van der Waals surface area contributed by atoms with Crippen LogP contribution in [-0.2, 0) is 12.8 Å². The van der Waals surface area contributed by atoms with E-state index in [1.165, 1.54) is 6.33 Å². The summed E-state index contributed by atoms with van der Waals surface area (Å²) in [7, 11) is 0. The van der Waals surface area contributed by atoms with E-state index >= 15 is 0 Å². The Morgan fingerprint density at radius 1 is 1.10 bits per heavy atom. The molecule has 206 valence electrons. The van der Waals surface area contributed by atoms with Crippen molar-refractivity contribution >= 4 is 5.78 Å². The molecule has 3 aromatic heterocycles. The van der Waals surface area contributed by atoms with Crippen molar-refractivity contribution in [2.45, 2.75) is 70.4 Å². The van der Waals surface area contributed by atoms with E-state index in [1.54, 1.807) is 9.08 Å². The second-order valence-corrected chi connectivity index (χ2v) is 10.9. The molecular formula is C30H32N6O4. The van der Waals surface area contributed by atoms with Gasteiger partial charge in [-0.05, 0) is 61.8 Å². The zero-order valence-corrected chi connectivity index (χ0v) is 22.6. The number of rotatable bonds is 7. The van der Waals surface area contributed by atoms with Crippen LogP contribution in [-0.4, -0.2) is 40.0 Å². The topological polar surface area (TPSA) is 131 Å². The van der Waals surface area contributed by atoms with Crippen LogP contribution in [0.3, 0.4) is 0 Å². The van der Waals surface area contributed by atoms with Crippen LogP contribution >= 0.6 is 0 Å². The number of hydrogen-bond acceptors (Lipinski definition) is 7. The molecule has 0 radical (unpaired) electrons. The number of hydrogen-bond donors (Lipinski definition) is 2. The van der Waals surface area contributed by atoms with Gasteiger partial charge in [0.25, 0.3) is 5.56 Å². The lowest BCUT2D eigenvalue weighted by Crippen LogP contribution is -2.37. The second kappa shape index (κ2) is 10.3. The molecule has 0 bridgehead atoms. The summed E-state index contributed by atoms with van der Waals surface area (Å²) in [6, 6.07) is 15.7. The van der Waals surface area contributed by atoms with Gasteiger partial charge in [0.2, 0.25) is 5.78 Å². The van der Waals surface area contributed by atoms with Gasteiger partial charge in [-0.1, -0.05) is 61.0 Å². The van der Waals surface area contributed by atoms with Gasteiger partial charge in [0.1, 0.15) is 6.33 Å². The smallest absolute Gasteiger partial charge is 0.390 e. The third kappa shape index (κ3) is 4.79. The van der Waals surface area contributed by atoms with Crippen LogP contribution in [0.2, 0.25) is 0 Å². The van der Waals surface area contributed by atoms with Crippen molar-refractivity contribution in [1.29, 1.82) is 0 Å². The minimum Gasteiger partial charge on any atom is -0.390 e. The Hall–Kier alpha value is -4.31. The number of aromatic amines is 1. The Balaban J connectivity index is 1.48. The average Bonchev–Trinajstić information content (AvgIpc) is 3.61. The van der Waals surface area contributed by atoms with Crippen LogP contribution in [0.15, 0.2) is 69.0 Å². The summed E-state index contributed by atoms with van der Waals surface area (Å²) < 4.78 is 8.41. The van der Waals surface area contributed by atoms with Gasteiger partial charge in [0.05, 0.1) is 11.3 Å². The molecule has 0 amide bonds. The lowest BCUT2D eigenvalue weighted by atomic mass is 9.83. The predicted octanol–water partition coefficient (Wildman–Crippen LogP) is 4.31. The lowest BCUT2D eigenvalue weighted by Gasteiger charge is -2.34. The van der Waals surface area contributed by atoms with Crippen molar-refractivity contribution < 1.29 is 9.63 Å². The number of nitrogens with one attached hydrogen (secondary N) is 1. The molecule has 0 saturated heterocycles. The van der Waals surface area contributed by atoms with Gasteiger partial charge in [0.15, 0.2) is 5.82 Å². The molecule has 10 heteroatoms. The fourth-order valence-electron chi connectivity index (χ4n) is 5.88. The number of fused-ring (bicyclic) bond motifs is 1. The minimum absolute atomic E-state index is 0.0647. The van der Waals surface area contributed by atoms with E-state index in [0.29, 0.717) is 61.3 Å². The van der Waals surface area contributed by atoms with Gasteiger partial charge in [-0.2, -0.15) is 10.1 Å². The zero-order valence-electron chi connectivity index (χ0n) is 22.6. The Morgan fingerprint density at radius 3 is 2.58 bits per heavy atom. The van der Waals surface area contributed by atoms with Gasteiger partial charge in [-0.15, -0.1) is 0 Å². The molecule has 0 spiro atoms. The molecule has 0 aliphatic heterocycles. The molecule has 1 fully saturated rings. The molecule has 0 atom stereocenters. The highest BCUT2D eigenvalue weighted by atomic mass is 16.5. The Kier molecular flexibility index (Phi) is 6.71. The summed E-state index contributed by atoms with van der Waals surface area (Å²) in [5.74, 6) is 0.248. The summed E-state index contributed by atoms with van der Waals surface area (Å²) in [4.78, 5) is 33.2. The monoisotopic (exact) mass is 540 g/mol. The van der Waals surface area contributed by atoms with E-state index in [0.717, 1.165) is 28.8 Å². The number of aryl methyl sites for hydroxylation is 1. The largest absolute Gasteiger partial charge is 0.439 e. The van der Waals surface area contributed by atoms with Crippen molar-refractivity contribution in [2.24, 2.45) is 0 Å². The third-order valence-corrected chi connectivity index (χ3v) is 7.96. The molecule has 3 heterocycles. The maximum Gasteiger partial charge on any atom is 0.439 e. The zero-order chi connectivity index (χ0) is 27.9. The summed E-state index contributed by atoms with van der Waals surface area (Å²) in [6.07, 6.45) is 6.02. The average molecular weight is 541 g/mol. The molecular weight excluding hydrogens is 508 g/mol. The van der Waals surface area contributed by atoms with Crippen molar-refractivity contribution in [3.8, 4) is 22.5 Å². The fraction of sp³-hybridized carbons (Fsp3) is 0.367. The van der Waals surface area contributed by atoms with Gasteiger partial charge in [-0.25, -0.2) is 9.31 Å². The standard InChI is InChI=1S/C30H32N6O4/c1-3-7-25-24(27(37)35(28-31-18-32-36(25)28)21-12-14-30(2,39)15-13-21)17-19-10-11-22(20-8-5-4-6-9-20)23(16-19)26-33-29(38)40-34-26/h4-6,8-11,16,18,21,39H,3,7,12-15,17H2,1-2H3,(H,33,34,38). The first kappa shape index (κ1) is 25.9. The lowest BCUT2D eigenvalue weighted by molar-refractivity contribution is 0.00981. The molecule has 2 N–H and O–H groups in total. The number of H-pyrrole nitrogens is 1. The van der Waals surface area contributed by atoms with Gasteiger partial charge < -0.3 is 5.11 Å². The first-order valence-corrected chi connectivity index (χ1v) is 13.8.